The third kappa shape index (κ3) is 4.63. The lowest BCUT2D eigenvalue weighted by Gasteiger charge is -2.25. The largest absolute Gasteiger partial charge is 0.497 e. The van der Waals surface area contributed by atoms with Crippen LogP contribution in [0.5, 0.6) is 5.75 Å². The van der Waals surface area contributed by atoms with Gasteiger partial charge in [0.05, 0.1) is 36.3 Å². The molecule has 0 aliphatic rings. The number of rotatable bonds is 7. The molecular weight excluding hydrogens is 371 g/mol. The van der Waals surface area contributed by atoms with Gasteiger partial charge in [-0.2, -0.15) is 5.10 Å². The minimum Gasteiger partial charge on any atom is -0.497 e. The Labute approximate surface area is 169 Å². The van der Waals surface area contributed by atoms with Gasteiger partial charge in [-0.1, -0.05) is 12.1 Å². The van der Waals surface area contributed by atoms with Crippen molar-refractivity contribution in [3.05, 3.63) is 77.4 Å². The molecule has 1 aromatic heterocycles. The van der Waals surface area contributed by atoms with Crippen molar-refractivity contribution >= 4 is 5.91 Å². The van der Waals surface area contributed by atoms with E-state index >= 15 is 0 Å². The van der Waals surface area contributed by atoms with Gasteiger partial charge in [-0.25, -0.2) is 9.07 Å². The molecule has 0 saturated heterocycles. The molecule has 0 spiro atoms. The van der Waals surface area contributed by atoms with E-state index in [9.17, 15) is 9.18 Å². The van der Waals surface area contributed by atoms with Crippen molar-refractivity contribution in [3.63, 3.8) is 0 Å². The monoisotopic (exact) mass is 396 g/mol. The molecule has 0 unspecified atom stereocenters. The Hall–Kier alpha value is -3.19. The van der Waals surface area contributed by atoms with Gasteiger partial charge >= 0.3 is 0 Å². The maximum atomic E-state index is 13.2. The van der Waals surface area contributed by atoms with Gasteiger partial charge in [-0.15, -0.1) is 0 Å². The molecule has 0 fully saturated rings. The Bertz CT molecular complexity index is 983. The first kappa shape index (κ1) is 20.5. The molecule has 1 amide bonds. The zero-order valence-electron chi connectivity index (χ0n) is 17.0. The molecule has 0 saturated carbocycles. The van der Waals surface area contributed by atoms with Crippen molar-refractivity contribution in [2.24, 2.45) is 0 Å². The number of nitrogens with zero attached hydrogens (tertiary/aromatic N) is 3. The summed E-state index contributed by atoms with van der Waals surface area (Å²) < 4.78 is 20.1. The van der Waals surface area contributed by atoms with Gasteiger partial charge in [-0.3, -0.25) is 4.79 Å². The van der Waals surface area contributed by atoms with Crippen LogP contribution in [-0.2, 0) is 0 Å². The molecular formula is C22H25FN4O2. The normalized spacial score (nSPS) is 12.1. The number of aromatic nitrogens is 2. The number of methoxy groups -OCH3 is 1. The van der Waals surface area contributed by atoms with Crippen LogP contribution in [0.25, 0.3) is 5.69 Å². The molecule has 1 heterocycles. The van der Waals surface area contributed by atoms with Crippen molar-refractivity contribution in [3.8, 4) is 11.4 Å². The summed E-state index contributed by atoms with van der Waals surface area (Å²) in [6.45, 7) is 2.25. The SMILES string of the molecule is COc1cccc([C@@H](CNC(=O)c2cnn(-c3ccc(F)cc3)c2C)N(C)C)c1. The fraction of sp³-hybridized carbons (Fsp3) is 0.273. The molecule has 0 aliphatic carbocycles. The highest BCUT2D eigenvalue weighted by molar-refractivity contribution is 5.95. The number of hydrogen-bond donors (Lipinski definition) is 1. The van der Waals surface area contributed by atoms with E-state index in [-0.39, 0.29) is 17.8 Å². The number of nitrogens with one attached hydrogen (secondary N) is 1. The summed E-state index contributed by atoms with van der Waals surface area (Å²) in [5.74, 6) is 0.256. The van der Waals surface area contributed by atoms with Crippen LogP contribution in [0, 0.1) is 12.7 Å². The molecule has 0 aliphatic heterocycles. The number of likely N-dealkylation sites (N-methyl/N-ethyl adjacent to an activating group) is 1. The van der Waals surface area contributed by atoms with Gasteiger partial charge in [0.2, 0.25) is 0 Å². The number of benzene rings is 2. The molecule has 0 bridgehead atoms. The predicted octanol–water partition coefficient (Wildman–Crippen LogP) is 3.36. The summed E-state index contributed by atoms with van der Waals surface area (Å²) in [5.41, 5.74) is 2.92. The molecule has 1 N–H and O–H groups in total. The minimum atomic E-state index is -0.316. The lowest BCUT2D eigenvalue weighted by molar-refractivity contribution is 0.0941. The molecule has 29 heavy (non-hydrogen) atoms. The fourth-order valence-electron chi connectivity index (χ4n) is 3.21. The van der Waals surface area contributed by atoms with Gasteiger partial charge in [0, 0.05) is 6.54 Å². The summed E-state index contributed by atoms with van der Waals surface area (Å²) in [7, 11) is 5.56. The second kappa shape index (κ2) is 8.87. The zero-order valence-corrected chi connectivity index (χ0v) is 17.0. The van der Waals surface area contributed by atoms with E-state index in [1.807, 2.05) is 50.2 Å². The Balaban J connectivity index is 1.74. The van der Waals surface area contributed by atoms with Crippen molar-refractivity contribution in [1.82, 2.24) is 20.0 Å². The van der Waals surface area contributed by atoms with Crippen molar-refractivity contribution in [2.45, 2.75) is 13.0 Å². The standard InChI is InChI=1S/C22H25FN4O2/c1-15-20(13-25-27(15)18-10-8-17(23)9-11-18)22(28)24-14-21(26(2)3)16-6-5-7-19(12-16)29-4/h5-13,21H,14H2,1-4H3,(H,24,28)/t21-/m1/s1. The molecule has 1 atom stereocenters. The smallest absolute Gasteiger partial charge is 0.254 e. The topological polar surface area (TPSA) is 59.4 Å². The number of carbonyl (C=O) groups is 1. The van der Waals surface area contributed by atoms with Crippen LogP contribution in [-0.4, -0.2) is 48.3 Å². The maximum absolute atomic E-state index is 13.2. The molecule has 152 valence electrons. The maximum Gasteiger partial charge on any atom is 0.254 e. The fourth-order valence-corrected chi connectivity index (χ4v) is 3.21. The van der Waals surface area contributed by atoms with E-state index in [4.69, 9.17) is 4.74 Å². The molecule has 2 aromatic carbocycles. The second-order valence-electron chi connectivity index (χ2n) is 7.00. The van der Waals surface area contributed by atoms with Crippen molar-refractivity contribution in [2.75, 3.05) is 27.7 Å². The third-order valence-electron chi connectivity index (χ3n) is 4.88. The highest BCUT2D eigenvalue weighted by Crippen LogP contribution is 2.22. The summed E-state index contributed by atoms with van der Waals surface area (Å²) in [6.07, 6.45) is 1.53. The van der Waals surface area contributed by atoms with Crippen molar-refractivity contribution < 1.29 is 13.9 Å². The Kier molecular flexibility index (Phi) is 6.29. The average Bonchev–Trinajstić information content (AvgIpc) is 3.10. The third-order valence-corrected chi connectivity index (χ3v) is 4.88. The van der Waals surface area contributed by atoms with Gasteiger partial charge in [0.1, 0.15) is 11.6 Å². The molecule has 0 radical (unpaired) electrons. The van der Waals surface area contributed by atoms with E-state index < -0.39 is 0 Å². The summed E-state index contributed by atoms with van der Waals surface area (Å²) in [5, 5.41) is 7.28. The van der Waals surface area contributed by atoms with Gasteiger partial charge in [0.25, 0.3) is 5.91 Å². The predicted molar refractivity (Wildman–Crippen MR) is 110 cm³/mol. The van der Waals surface area contributed by atoms with Crippen molar-refractivity contribution in [1.29, 1.82) is 0 Å². The van der Waals surface area contributed by atoms with E-state index in [1.54, 1.807) is 23.9 Å². The van der Waals surface area contributed by atoms with Crippen LogP contribution < -0.4 is 10.1 Å². The van der Waals surface area contributed by atoms with Crippen LogP contribution in [0.15, 0.2) is 54.7 Å². The Morgan fingerprint density at radius 2 is 1.97 bits per heavy atom. The molecule has 7 heteroatoms. The molecule has 6 nitrogen and oxygen atoms in total. The summed E-state index contributed by atoms with van der Waals surface area (Å²) in [4.78, 5) is 14.8. The Morgan fingerprint density at radius 1 is 1.24 bits per heavy atom. The molecule has 3 rings (SSSR count). The summed E-state index contributed by atoms with van der Waals surface area (Å²) >= 11 is 0. The Morgan fingerprint density at radius 3 is 2.62 bits per heavy atom. The highest BCUT2D eigenvalue weighted by Gasteiger charge is 2.19. The van der Waals surface area contributed by atoms with Crippen LogP contribution in [0.1, 0.15) is 27.7 Å². The number of ether oxygens (including phenoxy) is 1. The van der Waals surface area contributed by atoms with Gasteiger partial charge in [-0.05, 0) is 63.0 Å². The van der Waals surface area contributed by atoms with Crippen LogP contribution in [0.2, 0.25) is 0 Å². The highest BCUT2D eigenvalue weighted by atomic mass is 19.1. The minimum absolute atomic E-state index is 0.0125. The second-order valence-corrected chi connectivity index (χ2v) is 7.00. The first-order valence-electron chi connectivity index (χ1n) is 9.30. The van der Waals surface area contributed by atoms with Crippen LogP contribution >= 0.6 is 0 Å². The van der Waals surface area contributed by atoms with Gasteiger partial charge in [0.15, 0.2) is 0 Å². The van der Waals surface area contributed by atoms with E-state index in [0.29, 0.717) is 23.5 Å². The van der Waals surface area contributed by atoms with E-state index in [1.165, 1.54) is 18.3 Å². The molecule has 3 aromatic rings. The lowest BCUT2D eigenvalue weighted by atomic mass is 10.1. The number of hydrogen-bond acceptors (Lipinski definition) is 4. The van der Waals surface area contributed by atoms with Gasteiger partial charge < -0.3 is 15.0 Å². The number of carbonyl (C=O) groups excluding carboxylic acids is 1. The number of amides is 1. The first-order chi connectivity index (χ1) is 13.9. The first-order valence-corrected chi connectivity index (χ1v) is 9.30. The lowest BCUT2D eigenvalue weighted by Crippen LogP contribution is -2.34. The van der Waals surface area contributed by atoms with Crippen LogP contribution in [0.4, 0.5) is 4.39 Å². The van der Waals surface area contributed by atoms with E-state index in [0.717, 1.165) is 11.3 Å². The average molecular weight is 396 g/mol. The quantitative estimate of drug-likeness (QED) is 0.665. The van der Waals surface area contributed by atoms with Crippen LogP contribution in [0.3, 0.4) is 0 Å². The van der Waals surface area contributed by atoms with E-state index in [2.05, 4.69) is 10.4 Å². The zero-order chi connectivity index (χ0) is 21.0. The number of halogens is 1. The summed E-state index contributed by atoms with van der Waals surface area (Å²) in [6, 6.07) is 13.8.